The smallest absolute Gasteiger partial charge is 0.323 e. The summed E-state index contributed by atoms with van der Waals surface area (Å²) in [5, 5.41) is 11.2. The second-order valence-electron chi connectivity index (χ2n) is 4.55. The molecule has 0 heterocycles. The van der Waals surface area contributed by atoms with Crippen molar-refractivity contribution in [3.05, 3.63) is 24.0 Å². The molecule has 7 heteroatoms. The number of urea groups is 1. The molecule has 0 bridgehead atoms. The van der Waals surface area contributed by atoms with Crippen molar-refractivity contribution in [2.45, 2.75) is 26.3 Å². The molecule has 2 amide bonds. The Kier molecular flexibility index (Phi) is 5.95. The van der Waals surface area contributed by atoms with Crippen LogP contribution in [0.15, 0.2) is 18.2 Å². The topological polar surface area (TPSA) is 78.9 Å². The highest BCUT2D eigenvalue weighted by Crippen LogP contribution is 2.21. The summed E-state index contributed by atoms with van der Waals surface area (Å²) in [6, 6.07) is 2.98. The molecule has 0 saturated carbocycles. The van der Waals surface area contributed by atoms with Crippen LogP contribution in [0.3, 0.4) is 0 Å². The Morgan fingerprint density at radius 1 is 1.48 bits per heavy atom. The monoisotopic (exact) mass is 298 g/mol. The first-order valence-electron chi connectivity index (χ1n) is 6.52. The number of rotatable bonds is 6. The van der Waals surface area contributed by atoms with E-state index in [4.69, 9.17) is 9.84 Å². The predicted octanol–water partition coefficient (Wildman–Crippen LogP) is 2.55. The van der Waals surface area contributed by atoms with E-state index < -0.39 is 24.4 Å². The minimum absolute atomic E-state index is 0.0574. The lowest BCUT2D eigenvalue weighted by molar-refractivity contribution is -0.138. The molecule has 0 saturated heterocycles. The molecule has 0 fully saturated rings. The molecular weight excluding hydrogens is 279 g/mol. The van der Waals surface area contributed by atoms with Crippen molar-refractivity contribution in [3.8, 4) is 5.75 Å². The zero-order valence-electron chi connectivity index (χ0n) is 12.2. The minimum atomic E-state index is -1.13. The highest BCUT2D eigenvalue weighted by Gasteiger charge is 2.22. The van der Waals surface area contributed by atoms with Gasteiger partial charge in [0.2, 0.25) is 0 Å². The van der Waals surface area contributed by atoms with Gasteiger partial charge in [-0.25, -0.2) is 9.18 Å². The number of carboxylic acid groups (broad SMARTS) is 1. The molecule has 0 aliphatic carbocycles. The van der Waals surface area contributed by atoms with Crippen LogP contribution in [0.5, 0.6) is 5.75 Å². The zero-order chi connectivity index (χ0) is 16.0. The van der Waals surface area contributed by atoms with Gasteiger partial charge >= 0.3 is 12.0 Å². The van der Waals surface area contributed by atoms with Crippen molar-refractivity contribution in [2.24, 2.45) is 0 Å². The third kappa shape index (κ3) is 4.62. The summed E-state index contributed by atoms with van der Waals surface area (Å²) in [7, 11) is 1.43. The van der Waals surface area contributed by atoms with Gasteiger partial charge in [0.05, 0.1) is 12.8 Å². The Labute approximate surface area is 122 Å². The van der Waals surface area contributed by atoms with Crippen molar-refractivity contribution in [2.75, 3.05) is 19.0 Å². The van der Waals surface area contributed by atoms with Gasteiger partial charge in [0.1, 0.15) is 18.1 Å². The molecular formula is C14H19FN2O4. The fourth-order valence-electron chi connectivity index (χ4n) is 1.71. The van der Waals surface area contributed by atoms with E-state index in [0.717, 1.165) is 4.90 Å². The fraction of sp³-hybridized carbons (Fsp3) is 0.429. The van der Waals surface area contributed by atoms with Gasteiger partial charge in [-0.05, 0) is 25.5 Å². The number of methoxy groups -OCH3 is 1. The first kappa shape index (κ1) is 16.7. The lowest BCUT2D eigenvalue weighted by Gasteiger charge is -2.27. The summed E-state index contributed by atoms with van der Waals surface area (Å²) in [6.45, 7) is 3.11. The number of hydrogen-bond acceptors (Lipinski definition) is 3. The molecule has 1 atom stereocenters. The van der Waals surface area contributed by atoms with Gasteiger partial charge in [0, 0.05) is 12.1 Å². The number of aliphatic carboxylic acids is 1. The molecule has 0 aliphatic heterocycles. The summed E-state index contributed by atoms with van der Waals surface area (Å²) >= 11 is 0. The van der Waals surface area contributed by atoms with Crippen LogP contribution in [-0.2, 0) is 4.79 Å². The largest absolute Gasteiger partial charge is 0.497 e. The van der Waals surface area contributed by atoms with Crippen molar-refractivity contribution in [3.63, 3.8) is 0 Å². The lowest BCUT2D eigenvalue weighted by Crippen LogP contribution is -2.44. The summed E-state index contributed by atoms with van der Waals surface area (Å²) in [6.07, 6.45) is 0.585. The molecule has 1 aromatic rings. The van der Waals surface area contributed by atoms with Gasteiger partial charge in [0.25, 0.3) is 0 Å². The van der Waals surface area contributed by atoms with E-state index in [0.29, 0.717) is 12.2 Å². The molecule has 0 aliphatic rings. The van der Waals surface area contributed by atoms with Crippen LogP contribution >= 0.6 is 0 Å². The molecule has 6 nitrogen and oxygen atoms in total. The van der Waals surface area contributed by atoms with Crippen LogP contribution in [-0.4, -0.2) is 41.7 Å². The first-order valence-corrected chi connectivity index (χ1v) is 6.52. The molecule has 0 radical (unpaired) electrons. The second-order valence-corrected chi connectivity index (χ2v) is 4.55. The number of hydrogen-bond donors (Lipinski definition) is 2. The predicted molar refractivity (Wildman–Crippen MR) is 76.1 cm³/mol. The normalized spacial score (nSPS) is 11.6. The van der Waals surface area contributed by atoms with E-state index in [9.17, 15) is 14.0 Å². The van der Waals surface area contributed by atoms with Gasteiger partial charge in [-0.15, -0.1) is 0 Å². The number of carbonyl (C=O) groups is 2. The fourth-order valence-corrected chi connectivity index (χ4v) is 1.71. The Morgan fingerprint density at radius 3 is 2.67 bits per heavy atom. The summed E-state index contributed by atoms with van der Waals surface area (Å²) in [5.41, 5.74) is -0.0574. The number of ether oxygens (including phenoxy) is 1. The molecule has 1 unspecified atom stereocenters. The van der Waals surface area contributed by atoms with Gasteiger partial charge in [-0.1, -0.05) is 6.92 Å². The molecule has 0 spiro atoms. The number of halogens is 1. The number of amides is 2. The van der Waals surface area contributed by atoms with E-state index in [2.05, 4.69) is 5.32 Å². The first-order chi connectivity index (χ1) is 9.88. The van der Waals surface area contributed by atoms with E-state index in [1.807, 2.05) is 6.92 Å². The van der Waals surface area contributed by atoms with Crippen LogP contribution in [0.25, 0.3) is 0 Å². The Morgan fingerprint density at radius 2 is 2.14 bits per heavy atom. The Balaban J connectivity index is 2.93. The molecule has 1 aromatic carbocycles. The summed E-state index contributed by atoms with van der Waals surface area (Å²) < 4.78 is 18.6. The molecule has 21 heavy (non-hydrogen) atoms. The van der Waals surface area contributed by atoms with Crippen LogP contribution in [0, 0.1) is 5.82 Å². The Hall–Kier alpha value is -2.31. The minimum Gasteiger partial charge on any atom is -0.497 e. The third-order valence-corrected chi connectivity index (χ3v) is 3.10. The standard InChI is InChI=1S/C14H19FN2O4/c1-4-9(2)17(8-13(18)19)14(20)16-12-7-10(21-3)5-6-11(12)15/h5-7,9H,4,8H2,1-3H3,(H,16,20)(H,18,19). The molecule has 116 valence electrons. The van der Waals surface area contributed by atoms with Crippen LogP contribution < -0.4 is 10.1 Å². The molecule has 0 aromatic heterocycles. The van der Waals surface area contributed by atoms with Crippen molar-refractivity contribution < 1.29 is 23.8 Å². The molecule has 1 rings (SSSR count). The maximum Gasteiger partial charge on any atom is 0.323 e. The molecule has 2 N–H and O–H groups in total. The van der Waals surface area contributed by atoms with Gasteiger partial charge < -0.3 is 20.1 Å². The van der Waals surface area contributed by atoms with E-state index >= 15 is 0 Å². The maximum absolute atomic E-state index is 13.7. The van der Waals surface area contributed by atoms with Crippen LogP contribution in [0.2, 0.25) is 0 Å². The van der Waals surface area contributed by atoms with Crippen molar-refractivity contribution in [1.29, 1.82) is 0 Å². The number of nitrogens with one attached hydrogen (secondary N) is 1. The van der Waals surface area contributed by atoms with Crippen LogP contribution in [0.4, 0.5) is 14.9 Å². The number of carboxylic acids is 1. The van der Waals surface area contributed by atoms with E-state index in [1.54, 1.807) is 6.92 Å². The average molecular weight is 298 g/mol. The quantitative estimate of drug-likeness (QED) is 0.846. The SMILES string of the molecule is CCC(C)N(CC(=O)O)C(=O)Nc1cc(OC)ccc1F. The summed E-state index contributed by atoms with van der Waals surface area (Å²) in [4.78, 5) is 24.1. The van der Waals surface area contributed by atoms with Crippen LogP contribution in [0.1, 0.15) is 20.3 Å². The Bertz CT molecular complexity index is 522. The average Bonchev–Trinajstić information content (AvgIpc) is 2.45. The van der Waals surface area contributed by atoms with Crippen molar-refractivity contribution in [1.82, 2.24) is 4.90 Å². The number of anilines is 1. The van der Waals surface area contributed by atoms with E-state index in [-0.39, 0.29) is 11.7 Å². The van der Waals surface area contributed by atoms with E-state index in [1.165, 1.54) is 25.3 Å². The zero-order valence-corrected chi connectivity index (χ0v) is 12.2. The van der Waals surface area contributed by atoms with Crippen molar-refractivity contribution >= 4 is 17.7 Å². The number of nitrogens with zero attached hydrogens (tertiary/aromatic N) is 1. The highest BCUT2D eigenvalue weighted by atomic mass is 19.1. The van der Waals surface area contributed by atoms with Gasteiger partial charge in [0.15, 0.2) is 0 Å². The second kappa shape index (κ2) is 7.47. The summed E-state index contributed by atoms with van der Waals surface area (Å²) in [5.74, 6) is -1.36. The number of carbonyl (C=O) groups excluding carboxylic acids is 1. The van der Waals surface area contributed by atoms with Gasteiger partial charge in [-0.3, -0.25) is 4.79 Å². The third-order valence-electron chi connectivity index (χ3n) is 3.10. The highest BCUT2D eigenvalue weighted by molar-refractivity contribution is 5.91. The number of benzene rings is 1. The van der Waals surface area contributed by atoms with Gasteiger partial charge in [-0.2, -0.15) is 0 Å². The maximum atomic E-state index is 13.7. The lowest BCUT2D eigenvalue weighted by atomic mass is 10.2.